The summed E-state index contributed by atoms with van der Waals surface area (Å²) < 4.78 is 62.4. The molecule has 3 rings (SSSR count). The number of nitrogens with zero attached hydrogens (tertiary/aromatic N) is 1. The third-order valence-electron chi connectivity index (χ3n) is 3.63. The highest BCUT2D eigenvalue weighted by molar-refractivity contribution is 7.86. The van der Waals surface area contributed by atoms with Crippen molar-refractivity contribution < 1.29 is 25.9 Å². The largest absolute Gasteiger partial charge is 0.332 e. The van der Waals surface area contributed by atoms with Crippen LogP contribution in [0, 0.1) is 6.92 Å². The highest BCUT2D eigenvalue weighted by Gasteiger charge is 2.14. The Morgan fingerprint density at radius 1 is 0.852 bits per heavy atom. The molecule has 27 heavy (non-hydrogen) atoms. The summed E-state index contributed by atoms with van der Waals surface area (Å²) in [6.07, 6.45) is 0. The molecule has 0 aliphatic heterocycles. The van der Waals surface area contributed by atoms with Gasteiger partial charge in [-0.25, -0.2) is 4.98 Å². The van der Waals surface area contributed by atoms with Gasteiger partial charge in [-0.2, -0.15) is 16.8 Å². The molecule has 3 N–H and O–H groups in total. The standard InChI is InChI=1S/C16H14N2O6S3/c1-10-15(11-2-6-13(7-3-11)26(19,20)21)18-16(25-10)17-12-4-8-14(9-5-12)27(22,23)24/h2-9H,1H3,(H,17,18)(H,19,20,21)(H,22,23,24). The second kappa shape index (κ2) is 7.02. The Labute approximate surface area is 160 Å². The molecule has 1 heterocycles. The van der Waals surface area contributed by atoms with Crippen molar-refractivity contribution in [3.63, 3.8) is 0 Å². The van der Waals surface area contributed by atoms with Gasteiger partial charge in [-0.3, -0.25) is 9.11 Å². The van der Waals surface area contributed by atoms with Crippen LogP contribution in [0.15, 0.2) is 58.3 Å². The normalized spacial score (nSPS) is 12.1. The fraction of sp³-hybridized carbons (Fsp3) is 0.0625. The van der Waals surface area contributed by atoms with Crippen molar-refractivity contribution in [1.29, 1.82) is 0 Å². The maximum Gasteiger partial charge on any atom is 0.294 e. The van der Waals surface area contributed by atoms with E-state index in [1.807, 2.05) is 6.92 Å². The molecule has 0 radical (unpaired) electrons. The number of hydrogen-bond donors (Lipinski definition) is 3. The molecule has 0 saturated heterocycles. The molecule has 0 amide bonds. The van der Waals surface area contributed by atoms with Gasteiger partial charge in [-0.15, -0.1) is 11.3 Å². The van der Waals surface area contributed by atoms with Crippen LogP contribution < -0.4 is 5.32 Å². The van der Waals surface area contributed by atoms with Crippen molar-refractivity contribution in [1.82, 2.24) is 4.98 Å². The quantitative estimate of drug-likeness (QED) is 0.529. The number of aromatic nitrogens is 1. The lowest BCUT2D eigenvalue weighted by Gasteiger charge is -2.03. The second-order valence-corrected chi connectivity index (χ2v) is 9.59. The number of hydrogen-bond acceptors (Lipinski definition) is 7. The van der Waals surface area contributed by atoms with E-state index in [1.54, 1.807) is 12.1 Å². The van der Waals surface area contributed by atoms with E-state index in [9.17, 15) is 16.8 Å². The van der Waals surface area contributed by atoms with Crippen LogP contribution in [0.25, 0.3) is 11.3 Å². The Morgan fingerprint density at radius 3 is 1.81 bits per heavy atom. The third kappa shape index (κ3) is 4.51. The summed E-state index contributed by atoms with van der Waals surface area (Å²) in [7, 11) is -8.50. The van der Waals surface area contributed by atoms with Crippen LogP contribution in [-0.2, 0) is 20.2 Å². The number of rotatable bonds is 5. The van der Waals surface area contributed by atoms with Gasteiger partial charge in [0, 0.05) is 16.1 Å². The van der Waals surface area contributed by atoms with Crippen LogP contribution in [0.5, 0.6) is 0 Å². The van der Waals surface area contributed by atoms with Crippen molar-refractivity contribution in [3.8, 4) is 11.3 Å². The number of nitrogens with one attached hydrogen (secondary N) is 1. The molecule has 0 saturated carbocycles. The minimum atomic E-state index is -4.25. The summed E-state index contributed by atoms with van der Waals surface area (Å²) in [5.74, 6) is 0. The Kier molecular flexibility index (Phi) is 5.06. The Bertz CT molecular complexity index is 1180. The average Bonchev–Trinajstić information content (AvgIpc) is 2.94. The number of thiazole rings is 1. The minimum absolute atomic E-state index is 0.198. The SMILES string of the molecule is Cc1sc(Nc2ccc(S(=O)(=O)O)cc2)nc1-c1ccc(S(=O)(=O)O)cc1. The van der Waals surface area contributed by atoms with Gasteiger partial charge < -0.3 is 5.32 Å². The minimum Gasteiger partial charge on any atom is -0.332 e. The third-order valence-corrected chi connectivity index (χ3v) is 6.25. The van der Waals surface area contributed by atoms with Gasteiger partial charge in [0.25, 0.3) is 20.2 Å². The zero-order chi connectivity index (χ0) is 19.8. The van der Waals surface area contributed by atoms with Crippen molar-refractivity contribution >= 4 is 42.4 Å². The molecule has 0 aliphatic carbocycles. The van der Waals surface area contributed by atoms with Gasteiger partial charge in [0.1, 0.15) is 0 Å². The predicted octanol–water partition coefficient (Wildman–Crippen LogP) is 3.36. The summed E-state index contributed by atoms with van der Waals surface area (Å²) >= 11 is 1.37. The summed E-state index contributed by atoms with van der Waals surface area (Å²) in [5.41, 5.74) is 1.93. The molecule has 11 heteroatoms. The van der Waals surface area contributed by atoms with Crippen molar-refractivity contribution in [2.24, 2.45) is 0 Å². The maximum absolute atomic E-state index is 11.1. The highest BCUT2D eigenvalue weighted by atomic mass is 32.2. The smallest absolute Gasteiger partial charge is 0.294 e. The van der Waals surface area contributed by atoms with Gasteiger partial charge in [-0.1, -0.05) is 12.1 Å². The lowest BCUT2D eigenvalue weighted by Crippen LogP contribution is -1.98. The summed E-state index contributed by atoms with van der Waals surface area (Å²) in [6, 6.07) is 11.2. The first-order valence-corrected chi connectivity index (χ1v) is 11.1. The highest BCUT2D eigenvalue weighted by Crippen LogP contribution is 2.32. The molecule has 3 aromatic rings. The van der Waals surface area contributed by atoms with Crippen LogP contribution in [0.3, 0.4) is 0 Å². The molecule has 0 fully saturated rings. The number of aryl methyl sites for hydroxylation is 1. The van der Waals surface area contributed by atoms with E-state index in [4.69, 9.17) is 9.11 Å². The Morgan fingerprint density at radius 2 is 1.33 bits per heavy atom. The fourth-order valence-electron chi connectivity index (χ4n) is 2.34. The van der Waals surface area contributed by atoms with Gasteiger partial charge in [0.2, 0.25) is 0 Å². The van der Waals surface area contributed by atoms with Crippen LogP contribution in [0.1, 0.15) is 4.88 Å². The molecular weight excluding hydrogens is 412 g/mol. The molecule has 0 bridgehead atoms. The topological polar surface area (TPSA) is 134 Å². The van der Waals surface area contributed by atoms with E-state index < -0.39 is 20.2 Å². The van der Waals surface area contributed by atoms with Crippen LogP contribution in [0.4, 0.5) is 10.8 Å². The molecule has 0 spiro atoms. The lowest BCUT2D eigenvalue weighted by molar-refractivity contribution is 0.481. The van der Waals surface area contributed by atoms with E-state index in [2.05, 4.69) is 10.3 Å². The first-order valence-electron chi connectivity index (χ1n) is 7.44. The van der Waals surface area contributed by atoms with E-state index in [1.165, 1.54) is 47.7 Å². The zero-order valence-corrected chi connectivity index (χ0v) is 16.3. The second-order valence-electron chi connectivity index (χ2n) is 5.55. The maximum atomic E-state index is 11.1. The number of benzene rings is 2. The molecule has 0 aliphatic rings. The monoisotopic (exact) mass is 426 g/mol. The van der Waals surface area contributed by atoms with Gasteiger partial charge in [-0.05, 0) is 43.3 Å². The van der Waals surface area contributed by atoms with Crippen LogP contribution >= 0.6 is 11.3 Å². The van der Waals surface area contributed by atoms with Crippen molar-refractivity contribution in [2.45, 2.75) is 16.7 Å². The molecule has 0 unspecified atom stereocenters. The van der Waals surface area contributed by atoms with Crippen molar-refractivity contribution in [2.75, 3.05) is 5.32 Å². The summed E-state index contributed by atoms with van der Waals surface area (Å²) in [4.78, 5) is 4.94. The van der Waals surface area contributed by atoms with Crippen LogP contribution in [0.2, 0.25) is 0 Å². The van der Waals surface area contributed by atoms with Crippen LogP contribution in [-0.4, -0.2) is 30.9 Å². The molecular formula is C16H14N2O6S3. The summed E-state index contributed by atoms with van der Waals surface area (Å²) in [6.45, 7) is 1.86. The predicted molar refractivity (Wildman–Crippen MR) is 102 cm³/mol. The first-order chi connectivity index (χ1) is 12.5. The average molecular weight is 426 g/mol. The number of anilines is 2. The first kappa shape index (κ1) is 19.5. The Hall–Kier alpha value is -2.31. The summed E-state index contributed by atoms with van der Waals surface area (Å²) in [5, 5.41) is 3.60. The lowest BCUT2D eigenvalue weighted by atomic mass is 10.1. The molecule has 8 nitrogen and oxygen atoms in total. The van der Waals surface area contributed by atoms with Crippen molar-refractivity contribution in [3.05, 3.63) is 53.4 Å². The zero-order valence-electron chi connectivity index (χ0n) is 13.8. The molecule has 2 aromatic carbocycles. The van der Waals surface area contributed by atoms with Gasteiger partial charge in [0.05, 0.1) is 15.5 Å². The van der Waals surface area contributed by atoms with Gasteiger partial charge in [0.15, 0.2) is 5.13 Å². The van der Waals surface area contributed by atoms with E-state index in [-0.39, 0.29) is 9.79 Å². The molecule has 142 valence electrons. The Balaban J connectivity index is 1.84. The van der Waals surface area contributed by atoms with Gasteiger partial charge >= 0.3 is 0 Å². The molecule has 0 atom stereocenters. The fourth-order valence-corrected chi connectivity index (χ4v) is 4.15. The molecule has 1 aromatic heterocycles. The van der Waals surface area contributed by atoms with E-state index in [0.717, 1.165) is 4.88 Å². The van der Waals surface area contributed by atoms with E-state index in [0.29, 0.717) is 22.1 Å². The van der Waals surface area contributed by atoms with E-state index >= 15 is 0 Å².